The second-order valence-electron chi connectivity index (χ2n) is 12.6. The third-order valence-electron chi connectivity index (χ3n) is 7.41. The number of halogens is 5. The van der Waals surface area contributed by atoms with E-state index in [-0.39, 0.29) is 47.1 Å². The van der Waals surface area contributed by atoms with Crippen molar-refractivity contribution in [1.82, 2.24) is 14.5 Å². The van der Waals surface area contributed by atoms with Gasteiger partial charge in [0.15, 0.2) is 0 Å². The molecular weight excluding hydrogens is 803 g/mol. The molecule has 3 amide bonds. The summed E-state index contributed by atoms with van der Waals surface area (Å²) in [6, 6.07) is 7.26. The average Bonchev–Trinajstić information content (AvgIpc) is 3.07. The Bertz CT molecular complexity index is 1780. The molecule has 0 aliphatic carbocycles. The van der Waals surface area contributed by atoms with E-state index in [0.717, 1.165) is 12.1 Å². The number of piperazine rings is 1. The van der Waals surface area contributed by atoms with Crippen LogP contribution in [0.2, 0.25) is 10.0 Å². The smallest absolute Gasteiger partial charge is 0.411 e. The molecule has 2 aromatic rings. The number of benzene rings is 2. The van der Waals surface area contributed by atoms with Crippen LogP contribution in [0, 0.1) is 17.6 Å². The lowest BCUT2D eigenvalue weighted by Crippen LogP contribution is -2.59. The summed E-state index contributed by atoms with van der Waals surface area (Å²) in [7, 11) is -1.80. The molecule has 0 radical (unpaired) electrons. The number of anilines is 2. The Hall–Kier alpha value is -2.80. The molecule has 300 valence electrons. The van der Waals surface area contributed by atoms with Gasteiger partial charge < -0.3 is 20.7 Å². The molecular formula is C33H48Cl3F2N5O8S2. The molecule has 2 aromatic carbocycles. The van der Waals surface area contributed by atoms with Gasteiger partial charge in [0.05, 0.1) is 27.5 Å². The SMILES string of the molecule is C.CC(C)(C)OC(=O)N1CCNCC1C(=O)Nc1ccc(Cl)c(F)c1.CCS(=O)(=O)Cl.CCS(=O)(=O)N1CCCC(C(=O)Nc2ccc(Cl)c(F)c2)C1. The Balaban J connectivity index is 0.000000453. The van der Waals surface area contributed by atoms with E-state index in [4.69, 9.17) is 27.9 Å². The molecule has 0 bridgehead atoms. The monoisotopic (exact) mass is 849 g/mol. The zero-order chi connectivity index (χ0) is 39.4. The maximum absolute atomic E-state index is 13.5. The van der Waals surface area contributed by atoms with Gasteiger partial charge in [-0.2, -0.15) is 0 Å². The van der Waals surface area contributed by atoms with Crippen LogP contribution < -0.4 is 16.0 Å². The van der Waals surface area contributed by atoms with Gasteiger partial charge in [-0.1, -0.05) is 37.6 Å². The summed E-state index contributed by atoms with van der Waals surface area (Å²) in [4.78, 5) is 38.4. The maximum atomic E-state index is 13.5. The minimum absolute atomic E-state index is 0. The average molecular weight is 851 g/mol. The lowest BCUT2D eigenvalue weighted by Gasteiger charge is -2.36. The van der Waals surface area contributed by atoms with Crippen molar-refractivity contribution in [2.45, 2.75) is 66.5 Å². The van der Waals surface area contributed by atoms with Crippen LogP contribution in [-0.4, -0.2) is 99.8 Å². The van der Waals surface area contributed by atoms with Crippen molar-refractivity contribution in [3.05, 3.63) is 58.1 Å². The van der Waals surface area contributed by atoms with E-state index in [1.165, 1.54) is 40.4 Å². The molecule has 2 atom stereocenters. The van der Waals surface area contributed by atoms with E-state index >= 15 is 0 Å². The van der Waals surface area contributed by atoms with Crippen molar-refractivity contribution >= 4 is 82.2 Å². The van der Waals surface area contributed by atoms with Crippen molar-refractivity contribution in [2.75, 3.05) is 54.9 Å². The largest absolute Gasteiger partial charge is 0.444 e. The highest BCUT2D eigenvalue weighted by Gasteiger charge is 2.35. The Kier molecular flexibility index (Phi) is 19.4. The number of sulfonamides is 1. The minimum Gasteiger partial charge on any atom is -0.444 e. The van der Waals surface area contributed by atoms with Gasteiger partial charge >= 0.3 is 6.09 Å². The molecule has 2 heterocycles. The number of ether oxygens (including phenoxy) is 1. The third kappa shape index (κ3) is 16.6. The summed E-state index contributed by atoms with van der Waals surface area (Å²) in [6.45, 7) is 10.2. The van der Waals surface area contributed by atoms with Gasteiger partial charge in [0, 0.05) is 54.8 Å². The highest BCUT2D eigenvalue weighted by Crippen LogP contribution is 2.24. The summed E-state index contributed by atoms with van der Waals surface area (Å²) >= 11 is 11.2. The van der Waals surface area contributed by atoms with Crippen LogP contribution >= 0.6 is 33.9 Å². The minimum atomic E-state index is -3.30. The zero-order valence-electron chi connectivity index (χ0n) is 29.3. The summed E-state index contributed by atoms with van der Waals surface area (Å²) in [5, 5.41) is 8.23. The van der Waals surface area contributed by atoms with Crippen molar-refractivity contribution in [3.63, 3.8) is 0 Å². The molecule has 2 unspecified atom stereocenters. The van der Waals surface area contributed by atoms with Crippen LogP contribution in [0.3, 0.4) is 0 Å². The van der Waals surface area contributed by atoms with E-state index in [2.05, 4.69) is 26.6 Å². The first-order valence-corrected chi connectivity index (χ1v) is 21.0. The number of rotatable bonds is 7. The molecule has 13 nitrogen and oxygen atoms in total. The molecule has 2 aliphatic heterocycles. The van der Waals surface area contributed by atoms with Gasteiger partial charge in [0.1, 0.15) is 23.3 Å². The normalized spacial score (nSPS) is 17.8. The van der Waals surface area contributed by atoms with Gasteiger partial charge in [0.2, 0.25) is 30.9 Å². The highest BCUT2D eigenvalue weighted by atomic mass is 35.7. The Morgan fingerprint density at radius 2 is 1.42 bits per heavy atom. The second kappa shape index (κ2) is 21.3. The summed E-state index contributed by atoms with van der Waals surface area (Å²) in [6.07, 6.45) is 0.690. The van der Waals surface area contributed by atoms with E-state index in [9.17, 15) is 40.0 Å². The van der Waals surface area contributed by atoms with Crippen molar-refractivity contribution in [3.8, 4) is 0 Å². The molecule has 20 heteroatoms. The number of carbonyl (C=O) groups is 3. The number of hydrogen-bond donors (Lipinski definition) is 3. The van der Waals surface area contributed by atoms with E-state index in [1.54, 1.807) is 27.7 Å². The van der Waals surface area contributed by atoms with Crippen LogP contribution in [0.25, 0.3) is 0 Å². The summed E-state index contributed by atoms with van der Waals surface area (Å²) < 4.78 is 76.9. The predicted molar refractivity (Wildman–Crippen MR) is 205 cm³/mol. The van der Waals surface area contributed by atoms with E-state index in [0.29, 0.717) is 44.7 Å². The van der Waals surface area contributed by atoms with Crippen LogP contribution in [0.15, 0.2) is 36.4 Å². The third-order valence-corrected chi connectivity index (χ3v) is 11.2. The van der Waals surface area contributed by atoms with Gasteiger partial charge in [-0.3, -0.25) is 14.5 Å². The zero-order valence-corrected chi connectivity index (χ0v) is 33.3. The lowest BCUT2D eigenvalue weighted by molar-refractivity contribution is -0.122. The van der Waals surface area contributed by atoms with Crippen LogP contribution in [0.1, 0.15) is 54.9 Å². The van der Waals surface area contributed by atoms with Gasteiger partial charge in [0.25, 0.3) is 0 Å². The molecule has 0 spiro atoms. The molecule has 2 fully saturated rings. The Morgan fingerprint density at radius 3 is 1.87 bits per heavy atom. The fourth-order valence-corrected chi connectivity index (χ4v) is 6.10. The first kappa shape index (κ1) is 48.2. The van der Waals surface area contributed by atoms with Crippen molar-refractivity contribution < 1.29 is 44.7 Å². The number of hydrogen-bond acceptors (Lipinski definition) is 9. The van der Waals surface area contributed by atoms with E-state index < -0.39 is 60.3 Å². The Labute approximate surface area is 325 Å². The standard InChI is InChI=1S/C16H21ClFN3O3.C14H18ClFN2O3S.C2H5ClO2S.CH4/c1-16(2,3)24-15(23)21-7-6-19-9-13(21)14(22)20-10-4-5-11(17)12(18)8-10;1-2-22(20,21)18-7-3-4-10(9-18)14(19)17-11-5-6-12(15)13(16)8-11;1-2-6(3,4)5;/h4-5,8,13,19H,6-7,9H2,1-3H3,(H,20,22);5-6,8,10H,2-4,7,9H2,1H3,(H,17,19);2H2,1H3;1H4. The topological polar surface area (TPSA) is 171 Å². The maximum Gasteiger partial charge on any atom is 0.411 e. The molecule has 0 aromatic heterocycles. The summed E-state index contributed by atoms with van der Waals surface area (Å²) in [5.74, 6) is -2.38. The number of nitrogens with one attached hydrogen (secondary N) is 3. The molecule has 4 rings (SSSR count). The number of carbonyl (C=O) groups excluding carboxylic acids is 3. The van der Waals surface area contributed by atoms with Gasteiger partial charge in [-0.05, 0) is 76.9 Å². The predicted octanol–water partition coefficient (Wildman–Crippen LogP) is 6.32. The first-order valence-electron chi connectivity index (χ1n) is 16.2. The van der Waals surface area contributed by atoms with Crippen LogP contribution in [0.5, 0.6) is 0 Å². The molecule has 3 N–H and O–H groups in total. The van der Waals surface area contributed by atoms with Crippen molar-refractivity contribution in [1.29, 1.82) is 0 Å². The molecule has 53 heavy (non-hydrogen) atoms. The van der Waals surface area contributed by atoms with E-state index in [1.807, 2.05) is 0 Å². The summed E-state index contributed by atoms with van der Waals surface area (Å²) in [5.41, 5.74) is -0.0681. The van der Waals surface area contributed by atoms with Crippen LogP contribution in [0.4, 0.5) is 25.0 Å². The number of amides is 3. The second-order valence-corrected chi connectivity index (χ2v) is 18.7. The quantitative estimate of drug-likeness (QED) is 0.270. The fraction of sp³-hybridized carbons (Fsp3) is 0.545. The Morgan fingerprint density at radius 1 is 0.906 bits per heavy atom. The molecule has 2 saturated heterocycles. The van der Waals surface area contributed by atoms with Crippen LogP contribution in [-0.2, 0) is 33.4 Å². The lowest BCUT2D eigenvalue weighted by atomic mass is 9.99. The fourth-order valence-electron chi connectivity index (χ4n) is 4.69. The van der Waals surface area contributed by atoms with Crippen molar-refractivity contribution in [2.24, 2.45) is 5.92 Å². The van der Waals surface area contributed by atoms with Gasteiger partial charge in [-0.25, -0.2) is 34.7 Å². The number of nitrogens with zero attached hydrogens (tertiary/aromatic N) is 2. The first-order chi connectivity index (χ1) is 24.1. The van der Waals surface area contributed by atoms with Gasteiger partial charge in [-0.15, -0.1) is 0 Å². The highest BCUT2D eigenvalue weighted by molar-refractivity contribution is 8.13. The number of piperidine rings is 1. The molecule has 0 saturated carbocycles. The molecule has 2 aliphatic rings.